The molecule has 0 radical (unpaired) electrons. The number of nitrogens with two attached hydrogens (primary N) is 1. The molecule has 19 heavy (non-hydrogen) atoms. The largest absolute Gasteiger partial charge is 0.369 e. The number of nitrogens with one attached hydrogen (secondary N) is 1. The maximum atomic E-state index is 11.5. The summed E-state index contributed by atoms with van der Waals surface area (Å²) in [6.07, 6.45) is 6.54. The van der Waals surface area contributed by atoms with Crippen LogP contribution in [0.2, 0.25) is 0 Å². The molecule has 3 rings (SSSR count). The van der Waals surface area contributed by atoms with Gasteiger partial charge in [-0.2, -0.15) is 0 Å². The van der Waals surface area contributed by atoms with Crippen LogP contribution in [-0.2, 0) is 17.6 Å². The number of carbonyl (C=O) groups excluding carboxylic acids is 1. The minimum atomic E-state index is -0.132. The molecule has 3 N–H and O–H groups in total. The van der Waals surface area contributed by atoms with Crippen molar-refractivity contribution in [2.75, 3.05) is 0 Å². The van der Waals surface area contributed by atoms with Gasteiger partial charge in [0, 0.05) is 12.1 Å². The monoisotopic (exact) mass is 258 g/mol. The summed E-state index contributed by atoms with van der Waals surface area (Å²) in [5, 5.41) is 3.70. The van der Waals surface area contributed by atoms with E-state index in [1.54, 1.807) is 0 Å². The molecule has 0 saturated heterocycles. The Bertz CT molecular complexity index is 447. The van der Waals surface area contributed by atoms with Gasteiger partial charge in [0.15, 0.2) is 0 Å². The lowest BCUT2D eigenvalue weighted by atomic mass is 9.83. The number of carbonyl (C=O) groups is 1. The van der Waals surface area contributed by atoms with Crippen molar-refractivity contribution < 1.29 is 4.79 Å². The molecule has 1 fully saturated rings. The number of hydrogen-bond acceptors (Lipinski definition) is 2. The molecule has 1 amide bonds. The van der Waals surface area contributed by atoms with Crippen LogP contribution in [0.1, 0.15) is 36.8 Å². The van der Waals surface area contributed by atoms with Gasteiger partial charge >= 0.3 is 0 Å². The van der Waals surface area contributed by atoms with Gasteiger partial charge in [-0.25, -0.2) is 0 Å². The zero-order valence-corrected chi connectivity index (χ0v) is 11.3. The molecule has 2 aliphatic rings. The van der Waals surface area contributed by atoms with Gasteiger partial charge in [0.2, 0.25) is 5.91 Å². The molecule has 0 unspecified atom stereocenters. The molecule has 1 aromatic rings. The molecule has 102 valence electrons. The molecule has 1 saturated carbocycles. The van der Waals surface area contributed by atoms with Crippen molar-refractivity contribution in [3.8, 4) is 0 Å². The highest BCUT2D eigenvalue weighted by atomic mass is 16.1. The summed E-state index contributed by atoms with van der Waals surface area (Å²) in [6, 6.07) is 9.39. The fourth-order valence-electron chi connectivity index (χ4n) is 3.65. The van der Waals surface area contributed by atoms with Crippen LogP contribution in [0.4, 0.5) is 0 Å². The van der Waals surface area contributed by atoms with Crippen LogP contribution in [0.3, 0.4) is 0 Å². The maximum Gasteiger partial charge on any atom is 0.222 e. The van der Waals surface area contributed by atoms with Crippen LogP contribution in [0, 0.1) is 5.92 Å². The number of hydrogen-bond donors (Lipinski definition) is 2. The molecular weight excluding hydrogens is 236 g/mol. The molecule has 2 atom stereocenters. The third kappa shape index (κ3) is 2.66. The zero-order chi connectivity index (χ0) is 13.2. The summed E-state index contributed by atoms with van der Waals surface area (Å²) in [6.45, 7) is 0. The van der Waals surface area contributed by atoms with Crippen LogP contribution in [-0.4, -0.2) is 18.0 Å². The molecule has 3 nitrogen and oxygen atoms in total. The van der Waals surface area contributed by atoms with Crippen LogP contribution in [0.5, 0.6) is 0 Å². The molecule has 3 heteroatoms. The van der Waals surface area contributed by atoms with Gasteiger partial charge in [-0.15, -0.1) is 0 Å². The minimum absolute atomic E-state index is 0.0254. The third-order valence-electron chi connectivity index (χ3n) is 4.63. The fraction of sp³-hybridized carbons (Fsp3) is 0.562. The van der Waals surface area contributed by atoms with Crippen LogP contribution in [0.25, 0.3) is 0 Å². The van der Waals surface area contributed by atoms with E-state index in [0.29, 0.717) is 6.04 Å². The third-order valence-corrected chi connectivity index (χ3v) is 4.63. The highest BCUT2D eigenvalue weighted by Gasteiger charge is 2.32. The summed E-state index contributed by atoms with van der Waals surface area (Å²) >= 11 is 0. The molecule has 0 heterocycles. The quantitative estimate of drug-likeness (QED) is 0.868. The Labute approximate surface area is 114 Å². The Morgan fingerprint density at radius 2 is 1.74 bits per heavy atom. The van der Waals surface area contributed by atoms with Gasteiger partial charge in [0.1, 0.15) is 0 Å². The highest BCUT2D eigenvalue weighted by Crippen LogP contribution is 2.27. The molecule has 0 spiro atoms. The fourth-order valence-corrected chi connectivity index (χ4v) is 3.65. The molecule has 0 aromatic heterocycles. The summed E-state index contributed by atoms with van der Waals surface area (Å²) in [5.41, 5.74) is 8.44. The molecule has 0 bridgehead atoms. The molecule has 2 aliphatic carbocycles. The van der Waals surface area contributed by atoms with E-state index in [1.165, 1.54) is 17.5 Å². The molecule has 1 aromatic carbocycles. The average Bonchev–Trinajstić information content (AvgIpc) is 2.81. The van der Waals surface area contributed by atoms with E-state index >= 15 is 0 Å². The Kier molecular flexibility index (Phi) is 3.56. The van der Waals surface area contributed by atoms with E-state index in [2.05, 4.69) is 29.6 Å². The first-order chi connectivity index (χ1) is 9.24. The van der Waals surface area contributed by atoms with E-state index in [1.807, 2.05) is 0 Å². The average molecular weight is 258 g/mol. The summed E-state index contributed by atoms with van der Waals surface area (Å²) < 4.78 is 0. The first-order valence-corrected chi connectivity index (χ1v) is 7.36. The van der Waals surface area contributed by atoms with Gasteiger partial charge in [-0.1, -0.05) is 37.1 Å². The van der Waals surface area contributed by atoms with Crippen molar-refractivity contribution in [3.63, 3.8) is 0 Å². The Morgan fingerprint density at radius 3 is 2.37 bits per heavy atom. The highest BCUT2D eigenvalue weighted by molar-refractivity contribution is 5.77. The standard InChI is InChI=1S/C16H22N2O/c17-16(19)14-7-3-4-8-15(14)18-13-9-11-5-1-2-6-12(11)10-13/h1-2,5-6,13-15,18H,3-4,7-10H2,(H2,17,19)/t14-,15-/m1/s1. The van der Waals surface area contributed by atoms with Crippen molar-refractivity contribution in [3.05, 3.63) is 35.4 Å². The number of primary amides is 1. The van der Waals surface area contributed by atoms with Crippen LogP contribution >= 0.6 is 0 Å². The van der Waals surface area contributed by atoms with Crippen LogP contribution in [0.15, 0.2) is 24.3 Å². The lowest BCUT2D eigenvalue weighted by molar-refractivity contribution is -0.123. The summed E-state index contributed by atoms with van der Waals surface area (Å²) in [5.74, 6) is -0.106. The van der Waals surface area contributed by atoms with Gasteiger partial charge in [0.25, 0.3) is 0 Å². The van der Waals surface area contributed by atoms with Gasteiger partial charge in [-0.05, 0) is 36.8 Å². The van der Waals surface area contributed by atoms with Crippen molar-refractivity contribution >= 4 is 5.91 Å². The number of fused-ring (bicyclic) bond motifs is 1. The summed E-state index contributed by atoms with van der Waals surface area (Å²) in [7, 11) is 0. The first kappa shape index (κ1) is 12.7. The van der Waals surface area contributed by atoms with E-state index < -0.39 is 0 Å². The van der Waals surface area contributed by atoms with E-state index in [0.717, 1.165) is 32.1 Å². The number of benzene rings is 1. The minimum Gasteiger partial charge on any atom is -0.369 e. The van der Waals surface area contributed by atoms with Crippen molar-refractivity contribution in [1.29, 1.82) is 0 Å². The molecule has 0 aliphatic heterocycles. The maximum absolute atomic E-state index is 11.5. The SMILES string of the molecule is NC(=O)[C@@H]1CCCC[C@H]1NC1Cc2ccccc2C1. The van der Waals surface area contributed by atoms with Gasteiger partial charge in [0.05, 0.1) is 5.92 Å². The summed E-state index contributed by atoms with van der Waals surface area (Å²) in [4.78, 5) is 11.5. The van der Waals surface area contributed by atoms with Crippen LogP contribution < -0.4 is 11.1 Å². The van der Waals surface area contributed by atoms with Crippen molar-refractivity contribution in [1.82, 2.24) is 5.32 Å². The predicted octanol–water partition coefficient (Wildman–Crippen LogP) is 1.79. The second kappa shape index (κ2) is 5.33. The Hall–Kier alpha value is -1.35. The first-order valence-electron chi connectivity index (χ1n) is 7.36. The number of amides is 1. The second-order valence-corrected chi connectivity index (χ2v) is 5.94. The molecular formula is C16H22N2O. The van der Waals surface area contributed by atoms with Gasteiger partial charge < -0.3 is 11.1 Å². The predicted molar refractivity (Wildman–Crippen MR) is 75.7 cm³/mol. The normalized spacial score (nSPS) is 27.2. The van der Waals surface area contributed by atoms with Crippen molar-refractivity contribution in [2.45, 2.75) is 50.6 Å². The van der Waals surface area contributed by atoms with E-state index in [-0.39, 0.29) is 17.9 Å². The smallest absolute Gasteiger partial charge is 0.222 e. The lowest BCUT2D eigenvalue weighted by Gasteiger charge is -2.32. The Balaban J connectivity index is 1.64. The second-order valence-electron chi connectivity index (χ2n) is 5.94. The number of rotatable bonds is 3. The topological polar surface area (TPSA) is 55.1 Å². The zero-order valence-electron chi connectivity index (χ0n) is 11.3. The van der Waals surface area contributed by atoms with E-state index in [4.69, 9.17) is 5.73 Å². The van der Waals surface area contributed by atoms with Crippen molar-refractivity contribution in [2.24, 2.45) is 11.7 Å². The van der Waals surface area contributed by atoms with E-state index in [9.17, 15) is 4.79 Å². The lowest BCUT2D eigenvalue weighted by Crippen LogP contribution is -2.48. The Morgan fingerprint density at radius 1 is 1.11 bits per heavy atom. The van der Waals surface area contributed by atoms with Gasteiger partial charge in [-0.3, -0.25) is 4.79 Å².